The van der Waals surface area contributed by atoms with E-state index in [0.29, 0.717) is 12.8 Å². The molecule has 0 amide bonds. The molecule has 0 fully saturated rings. The molecular formula is C41H80O4. The minimum absolute atomic E-state index is 0.165. The van der Waals surface area contributed by atoms with E-state index in [1.54, 1.807) is 0 Å². The van der Waals surface area contributed by atoms with Gasteiger partial charge in [0, 0.05) is 12.8 Å². The van der Waals surface area contributed by atoms with Gasteiger partial charge in [-0.3, -0.25) is 9.59 Å². The predicted octanol–water partition coefficient (Wildman–Crippen LogP) is 13.8. The van der Waals surface area contributed by atoms with Crippen LogP contribution in [0.5, 0.6) is 0 Å². The van der Waals surface area contributed by atoms with E-state index in [1.807, 2.05) is 6.92 Å². The minimum atomic E-state index is -0.367. The lowest BCUT2D eigenvalue weighted by Crippen LogP contribution is -2.22. The number of ether oxygens (including phenoxy) is 2. The van der Waals surface area contributed by atoms with Crippen LogP contribution >= 0.6 is 0 Å². The molecule has 0 spiro atoms. The van der Waals surface area contributed by atoms with Gasteiger partial charge in [0.15, 0.2) is 0 Å². The van der Waals surface area contributed by atoms with Crippen LogP contribution in [0.4, 0.5) is 0 Å². The Morgan fingerprint density at radius 2 is 0.622 bits per heavy atom. The van der Waals surface area contributed by atoms with Crippen LogP contribution in [-0.4, -0.2) is 24.6 Å². The molecule has 0 rings (SSSR count). The van der Waals surface area contributed by atoms with Gasteiger partial charge in [-0.2, -0.15) is 0 Å². The highest BCUT2D eigenvalue weighted by Crippen LogP contribution is 2.16. The van der Waals surface area contributed by atoms with Crippen LogP contribution in [0, 0.1) is 0 Å². The molecule has 0 radical (unpaired) electrons. The molecule has 0 aromatic rings. The maximum absolute atomic E-state index is 12.1. The standard InChI is InChI=1S/C41H80O4/c1-4-6-8-10-12-14-16-18-20-21-23-24-26-28-30-32-34-36-40(42)44-38-39(3)45-41(43)37-35-33-31-29-27-25-22-19-17-15-13-11-9-7-5-2/h39H,4-38H2,1-3H3. The highest BCUT2D eigenvalue weighted by Gasteiger charge is 2.12. The second-order valence-electron chi connectivity index (χ2n) is 14.1. The van der Waals surface area contributed by atoms with E-state index in [-0.39, 0.29) is 24.6 Å². The van der Waals surface area contributed by atoms with Crippen molar-refractivity contribution in [1.29, 1.82) is 0 Å². The monoisotopic (exact) mass is 637 g/mol. The third-order valence-electron chi connectivity index (χ3n) is 9.28. The topological polar surface area (TPSA) is 52.6 Å². The van der Waals surface area contributed by atoms with Gasteiger partial charge in [0.1, 0.15) is 12.7 Å². The first-order valence-electron chi connectivity index (χ1n) is 20.4. The normalized spacial score (nSPS) is 12.0. The lowest BCUT2D eigenvalue weighted by Gasteiger charge is -2.13. The zero-order chi connectivity index (χ0) is 32.9. The van der Waals surface area contributed by atoms with E-state index in [4.69, 9.17) is 9.47 Å². The number of rotatable bonds is 37. The van der Waals surface area contributed by atoms with Crippen molar-refractivity contribution >= 4 is 11.9 Å². The van der Waals surface area contributed by atoms with Crippen LogP contribution in [0.1, 0.15) is 239 Å². The second kappa shape index (κ2) is 37.4. The van der Waals surface area contributed by atoms with Crippen LogP contribution in [0.15, 0.2) is 0 Å². The first-order chi connectivity index (χ1) is 22.1. The molecule has 45 heavy (non-hydrogen) atoms. The summed E-state index contributed by atoms with van der Waals surface area (Å²) in [6.45, 7) is 6.54. The number of hydrogen-bond donors (Lipinski definition) is 0. The van der Waals surface area contributed by atoms with Crippen molar-refractivity contribution in [3.05, 3.63) is 0 Å². The van der Waals surface area contributed by atoms with Crippen molar-refractivity contribution in [3.63, 3.8) is 0 Å². The van der Waals surface area contributed by atoms with Gasteiger partial charge < -0.3 is 9.47 Å². The fourth-order valence-corrected chi connectivity index (χ4v) is 6.23. The van der Waals surface area contributed by atoms with Gasteiger partial charge in [-0.25, -0.2) is 0 Å². The maximum atomic E-state index is 12.1. The van der Waals surface area contributed by atoms with Crippen molar-refractivity contribution in [2.75, 3.05) is 6.61 Å². The largest absolute Gasteiger partial charge is 0.462 e. The van der Waals surface area contributed by atoms with Crippen molar-refractivity contribution in [1.82, 2.24) is 0 Å². The fraction of sp³-hybridized carbons (Fsp3) is 0.951. The third kappa shape index (κ3) is 37.3. The lowest BCUT2D eigenvalue weighted by molar-refractivity contribution is -0.158. The van der Waals surface area contributed by atoms with Gasteiger partial charge in [-0.1, -0.05) is 206 Å². The van der Waals surface area contributed by atoms with E-state index in [2.05, 4.69) is 13.8 Å². The Hall–Kier alpha value is -1.06. The summed E-state index contributed by atoms with van der Waals surface area (Å²) in [7, 11) is 0. The molecular weight excluding hydrogens is 556 g/mol. The average molecular weight is 637 g/mol. The van der Waals surface area contributed by atoms with E-state index < -0.39 is 0 Å². The summed E-state index contributed by atoms with van der Waals surface area (Å²) in [6, 6.07) is 0. The molecule has 0 aliphatic rings. The number of unbranched alkanes of at least 4 members (excludes halogenated alkanes) is 30. The molecule has 0 aromatic carbocycles. The van der Waals surface area contributed by atoms with E-state index in [9.17, 15) is 9.59 Å². The summed E-state index contributed by atoms with van der Waals surface area (Å²) >= 11 is 0. The van der Waals surface area contributed by atoms with Crippen LogP contribution in [0.25, 0.3) is 0 Å². The van der Waals surface area contributed by atoms with E-state index in [1.165, 1.54) is 180 Å². The Morgan fingerprint density at radius 1 is 0.378 bits per heavy atom. The summed E-state index contributed by atoms with van der Waals surface area (Å²) < 4.78 is 10.8. The molecule has 4 heteroatoms. The fourth-order valence-electron chi connectivity index (χ4n) is 6.23. The van der Waals surface area contributed by atoms with E-state index in [0.717, 1.165) is 25.7 Å². The summed E-state index contributed by atoms with van der Waals surface area (Å²) in [6.07, 6.45) is 43.0. The Labute approximate surface area is 282 Å². The Kier molecular flexibility index (Phi) is 36.5. The highest BCUT2D eigenvalue weighted by atomic mass is 16.6. The van der Waals surface area contributed by atoms with Crippen molar-refractivity contribution in [2.24, 2.45) is 0 Å². The van der Waals surface area contributed by atoms with Crippen molar-refractivity contribution in [3.8, 4) is 0 Å². The Bertz CT molecular complexity index is 604. The molecule has 268 valence electrons. The molecule has 0 aromatic heterocycles. The van der Waals surface area contributed by atoms with Gasteiger partial charge in [-0.15, -0.1) is 0 Å². The van der Waals surface area contributed by atoms with Crippen LogP contribution in [-0.2, 0) is 19.1 Å². The van der Waals surface area contributed by atoms with E-state index >= 15 is 0 Å². The number of hydrogen-bond acceptors (Lipinski definition) is 4. The van der Waals surface area contributed by atoms with Crippen LogP contribution < -0.4 is 0 Å². The molecule has 0 bridgehead atoms. The lowest BCUT2D eigenvalue weighted by atomic mass is 10.0. The van der Waals surface area contributed by atoms with Gasteiger partial charge in [-0.05, 0) is 19.8 Å². The van der Waals surface area contributed by atoms with Crippen molar-refractivity contribution in [2.45, 2.75) is 245 Å². The SMILES string of the molecule is CCCCCCCCCCCCCCCCCCCC(=O)OCC(C)OC(=O)CCCCCCCCCCCCCCCCC. The third-order valence-corrected chi connectivity index (χ3v) is 9.28. The molecule has 0 saturated carbocycles. The molecule has 1 atom stereocenters. The van der Waals surface area contributed by atoms with Gasteiger partial charge in [0.05, 0.1) is 0 Å². The van der Waals surface area contributed by atoms with Gasteiger partial charge >= 0.3 is 11.9 Å². The molecule has 0 saturated heterocycles. The molecule has 0 aliphatic carbocycles. The summed E-state index contributed by atoms with van der Waals surface area (Å²) in [5, 5.41) is 0. The molecule has 4 nitrogen and oxygen atoms in total. The summed E-state index contributed by atoms with van der Waals surface area (Å²) in [4.78, 5) is 24.2. The number of carbonyl (C=O) groups excluding carboxylic acids is 2. The summed E-state index contributed by atoms with van der Waals surface area (Å²) in [5.74, 6) is -0.331. The average Bonchev–Trinajstić information content (AvgIpc) is 3.03. The van der Waals surface area contributed by atoms with Crippen molar-refractivity contribution < 1.29 is 19.1 Å². The van der Waals surface area contributed by atoms with Gasteiger partial charge in [0.2, 0.25) is 0 Å². The first-order valence-corrected chi connectivity index (χ1v) is 20.4. The minimum Gasteiger partial charge on any atom is -0.462 e. The zero-order valence-corrected chi connectivity index (χ0v) is 31.0. The molecule has 0 heterocycles. The predicted molar refractivity (Wildman–Crippen MR) is 195 cm³/mol. The first kappa shape index (κ1) is 43.9. The number of esters is 2. The number of carbonyl (C=O) groups is 2. The Balaban J connectivity index is 3.37. The maximum Gasteiger partial charge on any atom is 0.306 e. The van der Waals surface area contributed by atoms with Crippen LogP contribution in [0.3, 0.4) is 0 Å². The summed E-state index contributed by atoms with van der Waals surface area (Å²) in [5.41, 5.74) is 0. The molecule has 0 N–H and O–H groups in total. The molecule has 1 unspecified atom stereocenters. The smallest absolute Gasteiger partial charge is 0.306 e. The quantitative estimate of drug-likeness (QED) is 0.0503. The van der Waals surface area contributed by atoms with Crippen LogP contribution in [0.2, 0.25) is 0 Å². The second-order valence-corrected chi connectivity index (χ2v) is 14.1. The van der Waals surface area contributed by atoms with Gasteiger partial charge in [0.25, 0.3) is 0 Å². The highest BCUT2D eigenvalue weighted by molar-refractivity contribution is 5.70. The zero-order valence-electron chi connectivity index (χ0n) is 31.0. The molecule has 0 aliphatic heterocycles. The Morgan fingerprint density at radius 3 is 0.911 bits per heavy atom.